The smallest absolute Gasteiger partial charge is 0.227 e. The van der Waals surface area contributed by atoms with Gasteiger partial charge in [-0.2, -0.15) is 4.98 Å². The lowest BCUT2D eigenvalue weighted by atomic mass is 10.1. The maximum absolute atomic E-state index is 13.3. The van der Waals surface area contributed by atoms with Crippen LogP contribution in [0.4, 0.5) is 11.8 Å². The van der Waals surface area contributed by atoms with Crippen molar-refractivity contribution >= 4 is 21.7 Å². The van der Waals surface area contributed by atoms with Crippen LogP contribution in [0.25, 0.3) is 0 Å². The molecule has 7 nitrogen and oxygen atoms in total. The average Bonchev–Trinajstić information content (AvgIpc) is 2.92. The summed E-state index contributed by atoms with van der Waals surface area (Å²) < 4.78 is 18.8. The summed E-state index contributed by atoms with van der Waals surface area (Å²) in [7, 11) is -2.42. The van der Waals surface area contributed by atoms with Crippen LogP contribution in [0.15, 0.2) is 4.90 Å². The highest BCUT2D eigenvalue weighted by molar-refractivity contribution is 8.02. The Hall–Kier alpha value is -1.25. The Bertz CT molecular complexity index is 717. The van der Waals surface area contributed by atoms with Gasteiger partial charge in [-0.3, -0.25) is 4.21 Å². The number of hydrogen-bond acceptors (Lipinski definition) is 7. The Balaban J connectivity index is 1.77. The first-order chi connectivity index (χ1) is 12.5. The van der Waals surface area contributed by atoms with Gasteiger partial charge in [0, 0.05) is 51.1 Å². The van der Waals surface area contributed by atoms with Crippen molar-refractivity contribution in [2.75, 3.05) is 54.7 Å². The number of hydrogen-bond donors (Lipinski definition) is 2. The van der Waals surface area contributed by atoms with Gasteiger partial charge in [0.15, 0.2) is 0 Å². The number of thiol groups is 1. The Morgan fingerprint density at radius 3 is 2.69 bits per heavy atom. The van der Waals surface area contributed by atoms with Crippen molar-refractivity contribution in [3.8, 4) is 0 Å². The first-order valence-corrected chi connectivity index (χ1v) is 12.1. The highest BCUT2D eigenvalue weighted by Gasteiger charge is 2.36. The predicted molar refractivity (Wildman–Crippen MR) is 104 cm³/mol. The molecular weight excluding hydrogens is 352 g/mol. The van der Waals surface area contributed by atoms with Gasteiger partial charge in [0.05, 0.1) is 16.7 Å². The molecule has 0 saturated carbocycles. The molecule has 3 aliphatic rings. The summed E-state index contributed by atoms with van der Waals surface area (Å²) >= 11 is 0. The molecule has 0 amide bonds. The molecule has 0 bridgehead atoms. The number of anilines is 2. The highest BCUT2D eigenvalue weighted by atomic mass is 32.2. The molecule has 4 heterocycles. The molecule has 1 N–H and O–H groups in total. The van der Waals surface area contributed by atoms with Gasteiger partial charge < -0.3 is 19.6 Å². The number of ether oxygens (including phenoxy) is 1. The molecule has 0 unspecified atom stereocenters. The van der Waals surface area contributed by atoms with E-state index < -0.39 is 9.93 Å². The first kappa shape index (κ1) is 18.1. The lowest BCUT2D eigenvalue weighted by molar-refractivity contribution is 0.0841. The number of aromatic nitrogens is 2. The van der Waals surface area contributed by atoms with Crippen molar-refractivity contribution in [2.24, 2.45) is 0 Å². The van der Waals surface area contributed by atoms with Gasteiger partial charge >= 0.3 is 0 Å². The van der Waals surface area contributed by atoms with E-state index in [1.807, 2.05) is 11.2 Å². The summed E-state index contributed by atoms with van der Waals surface area (Å²) in [6.45, 7) is 5.77. The van der Waals surface area contributed by atoms with Crippen LogP contribution in [0, 0.1) is 0 Å². The predicted octanol–water partition coefficient (Wildman–Crippen LogP) is 0.614. The second-order valence-corrected chi connectivity index (χ2v) is 10.9. The molecule has 0 atom stereocenters. The SMILES string of the molecule is CCCN(c1nc(N2CC(O)C2)nc2c1[SH](C)(=O)CC2)C1CCOCC1. The summed E-state index contributed by atoms with van der Waals surface area (Å²) in [5.41, 5.74) is 0.949. The zero-order valence-corrected chi connectivity index (χ0v) is 16.6. The van der Waals surface area contributed by atoms with Gasteiger partial charge in [0.1, 0.15) is 5.82 Å². The van der Waals surface area contributed by atoms with Crippen molar-refractivity contribution in [3.05, 3.63) is 5.69 Å². The Morgan fingerprint density at radius 1 is 1.31 bits per heavy atom. The minimum atomic E-state index is -2.42. The third-order valence-electron chi connectivity index (χ3n) is 5.69. The van der Waals surface area contributed by atoms with Gasteiger partial charge in [0.2, 0.25) is 5.95 Å². The monoisotopic (exact) mass is 382 g/mol. The zero-order chi connectivity index (χ0) is 18.3. The molecule has 0 aliphatic carbocycles. The van der Waals surface area contributed by atoms with E-state index in [2.05, 4.69) is 11.8 Å². The number of aliphatic hydroxyl groups is 1. The van der Waals surface area contributed by atoms with Gasteiger partial charge in [-0.1, -0.05) is 16.9 Å². The Morgan fingerprint density at radius 2 is 2.04 bits per heavy atom. The lowest BCUT2D eigenvalue weighted by Gasteiger charge is -2.39. The van der Waals surface area contributed by atoms with Crippen molar-refractivity contribution in [1.82, 2.24) is 9.97 Å². The molecule has 146 valence electrons. The van der Waals surface area contributed by atoms with E-state index in [9.17, 15) is 9.32 Å². The second kappa shape index (κ2) is 7.05. The summed E-state index contributed by atoms with van der Waals surface area (Å²) in [4.78, 5) is 14.9. The van der Waals surface area contributed by atoms with Gasteiger partial charge in [-0.15, -0.1) is 0 Å². The van der Waals surface area contributed by atoms with E-state index in [1.54, 1.807) is 0 Å². The maximum atomic E-state index is 13.3. The van der Waals surface area contributed by atoms with Gasteiger partial charge in [0.25, 0.3) is 0 Å². The van der Waals surface area contributed by atoms with E-state index in [1.165, 1.54) is 0 Å². The summed E-state index contributed by atoms with van der Waals surface area (Å²) in [6.07, 6.45) is 5.31. The maximum Gasteiger partial charge on any atom is 0.227 e. The zero-order valence-electron chi connectivity index (χ0n) is 15.7. The molecule has 2 saturated heterocycles. The molecule has 0 radical (unpaired) electrons. The van der Waals surface area contributed by atoms with Crippen LogP contribution in [0.1, 0.15) is 31.9 Å². The quantitative estimate of drug-likeness (QED) is 0.723. The van der Waals surface area contributed by atoms with E-state index >= 15 is 0 Å². The van der Waals surface area contributed by atoms with Crippen LogP contribution in [0.2, 0.25) is 0 Å². The molecule has 4 rings (SSSR count). The van der Waals surface area contributed by atoms with Crippen LogP contribution in [-0.2, 0) is 21.1 Å². The third-order valence-corrected chi connectivity index (χ3v) is 8.17. The molecule has 2 fully saturated rings. The highest BCUT2D eigenvalue weighted by Crippen LogP contribution is 2.39. The molecule has 1 aromatic heterocycles. The minimum absolute atomic E-state index is 0.296. The molecule has 26 heavy (non-hydrogen) atoms. The second-order valence-electron chi connectivity index (χ2n) is 7.81. The Kier molecular flexibility index (Phi) is 4.92. The number of β-amino-alcohol motifs (C(OH)–C–C–N with tert-alkyl or cyclic N) is 1. The fourth-order valence-electron chi connectivity index (χ4n) is 4.22. The van der Waals surface area contributed by atoms with E-state index in [-0.39, 0.29) is 6.10 Å². The molecule has 0 spiro atoms. The fraction of sp³-hybridized carbons (Fsp3) is 0.778. The largest absolute Gasteiger partial charge is 0.389 e. The molecule has 0 aromatic carbocycles. The van der Waals surface area contributed by atoms with Gasteiger partial charge in [-0.25, -0.2) is 4.98 Å². The summed E-state index contributed by atoms with van der Waals surface area (Å²) in [5.74, 6) is 2.24. The van der Waals surface area contributed by atoms with Crippen LogP contribution >= 0.6 is 0 Å². The van der Waals surface area contributed by atoms with Crippen molar-refractivity contribution in [3.63, 3.8) is 0 Å². The van der Waals surface area contributed by atoms with Crippen molar-refractivity contribution in [2.45, 2.75) is 49.6 Å². The number of nitrogens with zero attached hydrogens (tertiary/aromatic N) is 4. The first-order valence-electron chi connectivity index (χ1n) is 9.75. The van der Waals surface area contributed by atoms with Crippen LogP contribution in [-0.4, -0.2) is 76.3 Å². The van der Waals surface area contributed by atoms with E-state index in [4.69, 9.17) is 14.7 Å². The van der Waals surface area contributed by atoms with E-state index in [0.717, 1.165) is 61.8 Å². The number of rotatable bonds is 5. The third kappa shape index (κ3) is 3.23. The summed E-state index contributed by atoms with van der Waals surface area (Å²) in [5, 5.41) is 9.66. The average molecular weight is 383 g/mol. The standard InChI is InChI=1S/C18H30N4O3S/c1-3-7-22(13-4-8-25-9-5-13)17-16-15(6-10-26(16,2)24)19-18(20-17)21-11-14(23)12-21/h13-14,23,26H,3-12H2,1-2H3. The molecule has 8 heteroatoms. The fourth-order valence-corrected chi connectivity index (χ4v) is 6.40. The normalized spacial score (nSPS) is 24.2. The van der Waals surface area contributed by atoms with Crippen molar-refractivity contribution in [1.29, 1.82) is 0 Å². The molecular formula is C18H30N4O3S. The van der Waals surface area contributed by atoms with E-state index in [0.29, 0.717) is 30.8 Å². The topological polar surface area (TPSA) is 78.8 Å². The number of fused-ring (bicyclic) bond motifs is 1. The molecule has 1 aromatic rings. The number of aliphatic hydroxyl groups excluding tert-OH is 1. The number of aryl methyl sites for hydroxylation is 1. The van der Waals surface area contributed by atoms with Crippen LogP contribution in [0.5, 0.6) is 0 Å². The van der Waals surface area contributed by atoms with Gasteiger partial charge in [-0.05, 0) is 25.5 Å². The van der Waals surface area contributed by atoms with Crippen LogP contribution < -0.4 is 9.80 Å². The summed E-state index contributed by atoms with van der Waals surface area (Å²) in [6, 6.07) is 0.373. The lowest BCUT2D eigenvalue weighted by Crippen LogP contribution is -2.52. The molecule has 3 aliphatic heterocycles. The Labute approximate surface area is 156 Å². The minimum Gasteiger partial charge on any atom is -0.389 e. The van der Waals surface area contributed by atoms with Crippen LogP contribution in [0.3, 0.4) is 0 Å². The van der Waals surface area contributed by atoms with Crippen molar-refractivity contribution < 1.29 is 14.1 Å².